The van der Waals surface area contributed by atoms with E-state index >= 15 is 0 Å². The first-order valence-corrected chi connectivity index (χ1v) is 34.2. The van der Waals surface area contributed by atoms with Gasteiger partial charge in [-0.05, 0) is 202 Å². The molecule has 0 unspecified atom stereocenters. The van der Waals surface area contributed by atoms with Gasteiger partial charge in [0, 0.05) is 103 Å². The molecule has 9 aromatic rings. The number of likely N-dealkylation sites (tertiary alicyclic amines) is 3. The standard InChI is InChI=1S/C26H23Cl2FN4O2.C25H21Cl2FN4O2.C24H19Cl2FN4O2/c27-17-5-8-19(9-6-17)31-26(35)21-15-18(28)7-11-23(21)32-25(34)20-10-4-16(14-22(20)29)24(30)33-12-2-1-3-13-33;26-16-4-7-18(8-5-16)30-25(34)20-14-17(27)6-10-22(20)31-24(33)19-9-3-15(13-21(19)28)23(29)32-11-1-2-12-32;25-15-3-6-17(7-4-15)29-24(33)19-13-16(26)5-9-21(19)30-23(32)18-8-2-14(12-20(18)27)22(28)31-10-1-11-31/h4-11,14-15,30H,1-3,12-13H2,(H,31,35)(H,32,34);3-10,13-14,29H,1-2,11-12H2,(H,30,34)(H,31,33);2-9,12-13,28H,1,10-11H2,(H,29,33)(H,30,32). The van der Waals surface area contributed by atoms with Crippen LogP contribution in [0.4, 0.5) is 47.3 Å². The third-order valence-electron chi connectivity index (χ3n) is 16.5. The molecule has 0 aromatic heterocycles. The van der Waals surface area contributed by atoms with Gasteiger partial charge in [-0.25, -0.2) is 13.2 Å². The second-order valence-electron chi connectivity index (χ2n) is 23.5. The lowest BCUT2D eigenvalue weighted by Gasteiger charge is -2.33. The zero-order valence-electron chi connectivity index (χ0n) is 54.0. The van der Waals surface area contributed by atoms with E-state index in [1.807, 2.05) is 14.7 Å². The number of nitrogens with one attached hydrogen (secondary N) is 9. The van der Waals surface area contributed by atoms with Crippen molar-refractivity contribution in [2.45, 2.75) is 38.5 Å². The number of anilines is 6. The van der Waals surface area contributed by atoms with Gasteiger partial charge < -0.3 is 46.6 Å². The Labute approximate surface area is 614 Å². The SMILES string of the molecule is N=C(c1ccc(C(=O)Nc2ccc(Cl)cc2C(=O)Nc2ccc(Cl)cc2)c(F)c1)N1CCC1.N=C(c1ccc(C(=O)Nc2ccc(Cl)cc2C(=O)Nc2ccc(Cl)cc2)c(F)c1)N1CCCC1.N=C(c1ccc(C(=O)Nc2ccc(Cl)cc2C(=O)Nc2ccc(Cl)cc2)c(F)c1)N1CCCCC1. The molecule has 0 radical (unpaired) electrons. The van der Waals surface area contributed by atoms with E-state index in [0.717, 1.165) is 77.8 Å². The summed E-state index contributed by atoms with van der Waals surface area (Å²) in [5.41, 5.74) is 3.02. The number of rotatable bonds is 15. The molecule has 522 valence electrons. The summed E-state index contributed by atoms with van der Waals surface area (Å²) >= 11 is 35.8. The van der Waals surface area contributed by atoms with Gasteiger partial charge in [-0.1, -0.05) is 87.8 Å². The Morgan fingerprint density at radius 2 is 0.510 bits per heavy atom. The van der Waals surface area contributed by atoms with Gasteiger partial charge in [0.25, 0.3) is 35.4 Å². The van der Waals surface area contributed by atoms with Gasteiger partial charge in [0.1, 0.15) is 35.0 Å². The molecule has 3 aliphatic heterocycles. The summed E-state index contributed by atoms with van der Waals surface area (Å²) in [6.45, 7) is 4.58. The van der Waals surface area contributed by atoms with Crippen LogP contribution < -0.4 is 31.9 Å². The van der Waals surface area contributed by atoms with Crippen molar-refractivity contribution < 1.29 is 41.9 Å². The summed E-state index contributed by atoms with van der Waals surface area (Å²) in [6.07, 6.45) is 6.13. The zero-order valence-corrected chi connectivity index (χ0v) is 58.5. The summed E-state index contributed by atoms with van der Waals surface area (Å²) in [6, 6.07) is 45.1. The molecule has 6 amide bonds. The van der Waals surface area contributed by atoms with Gasteiger partial charge in [-0.3, -0.25) is 45.0 Å². The highest BCUT2D eigenvalue weighted by Gasteiger charge is 2.26. The molecule has 0 aliphatic carbocycles. The second-order valence-corrected chi connectivity index (χ2v) is 26.1. The van der Waals surface area contributed by atoms with Crippen molar-refractivity contribution in [3.63, 3.8) is 0 Å². The van der Waals surface area contributed by atoms with Crippen LogP contribution in [0.2, 0.25) is 30.1 Å². The highest BCUT2D eigenvalue weighted by molar-refractivity contribution is 6.33. The van der Waals surface area contributed by atoms with Crippen LogP contribution in [0, 0.1) is 33.7 Å². The number of piperidine rings is 1. The van der Waals surface area contributed by atoms with Gasteiger partial charge in [0.15, 0.2) is 0 Å². The zero-order chi connectivity index (χ0) is 72.7. The lowest BCUT2D eigenvalue weighted by atomic mass is 10.1. The van der Waals surface area contributed by atoms with Gasteiger partial charge in [-0.2, -0.15) is 0 Å². The van der Waals surface area contributed by atoms with Gasteiger partial charge in [0.2, 0.25) is 0 Å². The molecule has 3 fully saturated rings. The minimum atomic E-state index is -0.753. The molecule has 9 aromatic carbocycles. The van der Waals surface area contributed by atoms with Crippen LogP contribution in [0.3, 0.4) is 0 Å². The van der Waals surface area contributed by atoms with Crippen LogP contribution in [-0.2, 0) is 0 Å². The molecule has 3 saturated heterocycles. The van der Waals surface area contributed by atoms with E-state index in [2.05, 4.69) is 31.9 Å². The lowest BCUT2D eigenvalue weighted by Crippen LogP contribution is -2.42. The quantitative estimate of drug-likeness (QED) is 0.0349. The predicted octanol–water partition coefficient (Wildman–Crippen LogP) is 18.2. The maximum absolute atomic E-state index is 14.9. The molecule has 102 heavy (non-hydrogen) atoms. The first-order valence-electron chi connectivity index (χ1n) is 31.9. The van der Waals surface area contributed by atoms with Crippen molar-refractivity contribution in [1.82, 2.24) is 14.7 Å². The molecule has 9 N–H and O–H groups in total. The minimum absolute atomic E-state index is 0.113. The number of nitrogens with zero attached hydrogens (tertiary/aromatic N) is 3. The number of halogens is 9. The van der Waals surface area contributed by atoms with E-state index < -0.39 is 52.9 Å². The van der Waals surface area contributed by atoms with Crippen molar-refractivity contribution >= 4 is 157 Å². The summed E-state index contributed by atoms with van der Waals surface area (Å²) in [5.74, 6) is -5.22. The minimum Gasteiger partial charge on any atom is -0.357 e. The number of amides is 6. The highest BCUT2D eigenvalue weighted by Crippen LogP contribution is 2.30. The van der Waals surface area contributed by atoms with E-state index in [1.165, 1.54) is 97.1 Å². The normalized spacial score (nSPS) is 13.0. The molecular formula is C75H63Cl6F3N12O6. The fourth-order valence-corrected chi connectivity index (χ4v) is 11.8. The molecule has 0 saturated carbocycles. The van der Waals surface area contributed by atoms with Crippen LogP contribution >= 0.6 is 69.6 Å². The van der Waals surface area contributed by atoms with Crippen LogP contribution in [0.25, 0.3) is 0 Å². The largest absolute Gasteiger partial charge is 0.357 e. The van der Waals surface area contributed by atoms with E-state index in [-0.39, 0.29) is 67.9 Å². The Balaban J connectivity index is 0.000000165. The molecule has 0 bridgehead atoms. The Bertz CT molecular complexity index is 4710. The first kappa shape index (κ1) is 74.4. The number of carbonyl (C=O) groups is 6. The number of carbonyl (C=O) groups excluding carboxylic acids is 6. The third kappa shape index (κ3) is 19.4. The molecular weight excluding hydrogens is 1430 g/mol. The molecule has 0 atom stereocenters. The van der Waals surface area contributed by atoms with Crippen molar-refractivity contribution in [2.75, 3.05) is 71.2 Å². The molecule has 12 rings (SSSR count). The summed E-state index contributed by atoms with van der Waals surface area (Å²) in [4.78, 5) is 82.6. The fourth-order valence-electron chi connectivity index (χ4n) is 10.9. The average Bonchev–Trinajstić information content (AvgIpc) is 1.13. The monoisotopic (exact) mass is 1490 g/mol. The Morgan fingerprint density at radius 1 is 0.275 bits per heavy atom. The summed E-state index contributed by atoms with van der Waals surface area (Å²) in [5, 5.41) is 43.2. The van der Waals surface area contributed by atoms with Crippen molar-refractivity contribution in [1.29, 1.82) is 16.2 Å². The maximum atomic E-state index is 14.9. The number of benzene rings is 9. The second kappa shape index (κ2) is 34.4. The topological polar surface area (TPSA) is 256 Å². The Hall–Kier alpha value is -10.3. The predicted molar refractivity (Wildman–Crippen MR) is 399 cm³/mol. The van der Waals surface area contributed by atoms with Crippen molar-refractivity contribution in [2.24, 2.45) is 0 Å². The van der Waals surface area contributed by atoms with E-state index in [4.69, 9.17) is 85.8 Å². The number of hydrogen-bond donors (Lipinski definition) is 9. The van der Waals surface area contributed by atoms with E-state index in [1.54, 1.807) is 84.9 Å². The Kier molecular flexibility index (Phi) is 25.1. The summed E-state index contributed by atoms with van der Waals surface area (Å²) < 4.78 is 44.4. The smallest absolute Gasteiger partial charge is 0.258 e. The fraction of sp³-hybridized carbons (Fsp3) is 0.160. The van der Waals surface area contributed by atoms with E-state index in [9.17, 15) is 41.9 Å². The van der Waals surface area contributed by atoms with E-state index in [0.29, 0.717) is 63.9 Å². The highest BCUT2D eigenvalue weighted by atomic mass is 35.5. The van der Waals surface area contributed by atoms with Crippen LogP contribution in [0.1, 0.15) is 117 Å². The van der Waals surface area contributed by atoms with Crippen LogP contribution in [0.15, 0.2) is 182 Å². The first-order chi connectivity index (χ1) is 48.9. The molecule has 18 nitrogen and oxygen atoms in total. The van der Waals surface area contributed by atoms with Gasteiger partial charge in [0.05, 0.1) is 50.4 Å². The maximum Gasteiger partial charge on any atom is 0.258 e. The lowest BCUT2D eigenvalue weighted by molar-refractivity contribution is 0.100. The number of hydrogen-bond acceptors (Lipinski definition) is 9. The molecule has 3 aliphatic rings. The van der Waals surface area contributed by atoms with Crippen LogP contribution in [-0.4, -0.2) is 107 Å². The van der Waals surface area contributed by atoms with Crippen molar-refractivity contribution in [3.8, 4) is 0 Å². The molecule has 3 heterocycles. The van der Waals surface area contributed by atoms with Crippen LogP contribution in [0.5, 0.6) is 0 Å². The van der Waals surface area contributed by atoms with Gasteiger partial charge >= 0.3 is 0 Å². The molecule has 0 spiro atoms. The molecule has 27 heteroatoms. The van der Waals surface area contributed by atoms with Crippen molar-refractivity contribution in [3.05, 3.63) is 280 Å². The Morgan fingerprint density at radius 3 is 0.755 bits per heavy atom. The number of amidine groups is 3. The third-order valence-corrected chi connectivity index (χ3v) is 17.9. The van der Waals surface area contributed by atoms with Gasteiger partial charge in [-0.15, -0.1) is 0 Å². The average molecular weight is 1500 g/mol. The summed E-state index contributed by atoms with van der Waals surface area (Å²) in [7, 11) is 0.